The second-order valence-electron chi connectivity index (χ2n) is 5.44. The van der Waals surface area contributed by atoms with Gasteiger partial charge < -0.3 is 9.47 Å². The Kier molecular flexibility index (Phi) is 5.99. The molecule has 0 saturated carbocycles. The van der Waals surface area contributed by atoms with Gasteiger partial charge in [0.15, 0.2) is 11.5 Å². The molecule has 1 aromatic heterocycles. The molecule has 0 fully saturated rings. The third kappa shape index (κ3) is 4.52. The molecule has 3 aromatic rings. The summed E-state index contributed by atoms with van der Waals surface area (Å²) >= 11 is 5.94. The highest BCUT2D eigenvalue weighted by atomic mass is 35.5. The van der Waals surface area contributed by atoms with E-state index in [4.69, 9.17) is 16.3 Å². The van der Waals surface area contributed by atoms with Crippen LogP contribution in [0.15, 0.2) is 41.5 Å². The van der Waals surface area contributed by atoms with Gasteiger partial charge in [-0.15, -0.1) is 5.10 Å². The summed E-state index contributed by atoms with van der Waals surface area (Å²) in [4.78, 5) is 12.0. The van der Waals surface area contributed by atoms with Gasteiger partial charge in [-0.3, -0.25) is 4.79 Å². The summed E-state index contributed by atoms with van der Waals surface area (Å²) in [6.45, 7) is -3.12. The first kappa shape index (κ1) is 19.5. The second kappa shape index (κ2) is 8.61. The number of hydrogen-bond acceptors (Lipinski definition) is 6. The first-order chi connectivity index (χ1) is 13.5. The molecule has 0 spiro atoms. The summed E-state index contributed by atoms with van der Waals surface area (Å²) in [6, 6.07) is 9.96. The Balaban J connectivity index is 1.67. The largest absolute Gasteiger partial charge is 0.493 e. The van der Waals surface area contributed by atoms with Gasteiger partial charge >= 0.3 is 6.61 Å². The van der Waals surface area contributed by atoms with Crippen LogP contribution in [0.3, 0.4) is 0 Å². The van der Waals surface area contributed by atoms with Gasteiger partial charge in [-0.05, 0) is 29.8 Å². The van der Waals surface area contributed by atoms with Gasteiger partial charge in [0.1, 0.15) is 12.1 Å². The number of amides is 1. The first-order valence-corrected chi connectivity index (χ1v) is 8.28. The maximum Gasteiger partial charge on any atom is 0.387 e. The minimum Gasteiger partial charge on any atom is -0.493 e. The Morgan fingerprint density at radius 2 is 2.18 bits per heavy atom. The fourth-order valence-electron chi connectivity index (χ4n) is 2.40. The van der Waals surface area contributed by atoms with Crippen LogP contribution in [0.4, 0.5) is 8.78 Å². The number of hydrogen-bond donors (Lipinski definition) is 1. The van der Waals surface area contributed by atoms with E-state index in [1.807, 2.05) is 12.1 Å². The van der Waals surface area contributed by atoms with Crippen molar-refractivity contribution in [3.05, 3.63) is 47.0 Å². The van der Waals surface area contributed by atoms with Crippen molar-refractivity contribution >= 4 is 34.8 Å². The standard InChI is InChI=1S/C17H14ClF2N5O3/c1-27-14-7-10(6-11(18)16(14)28-17(19)20)8-21-23-15(26)9-25-13-5-3-2-4-12(13)22-24-25/h2-8,17H,9H2,1H3,(H,23,26)/b21-8-. The Labute approximate surface area is 162 Å². The lowest BCUT2D eigenvalue weighted by molar-refractivity contribution is -0.121. The van der Waals surface area contributed by atoms with E-state index >= 15 is 0 Å². The van der Waals surface area contributed by atoms with E-state index in [1.165, 1.54) is 30.1 Å². The molecule has 28 heavy (non-hydrogen) atoms. The van der Waals surface area contributed by atoms with E-state index in [2.05, 4.69) is 25.6 Å². The monoisotopic (exact) mass is 409 g/mol. The number of alkyl halides is 2. The van der Waals surface area contributed by atoms with E-state index in [-0.39, 0.29) is 23.1 Å². The number of nitrogens with one attached hydrogen (secondary N) is 1. The lowest BCUT2D eigenvalue weighted by Crippen LogP contribution is -2.23. The van der Waals surface area contributed by atoms with E-state index < -0.39 is 12.5 Å². The molecule has 0 aliphatic carbocycles. The summed E-state index contributed by atoms with van der Waals surface area (Å²) in [5, 5.41) is 11.6. The number of aromatic nitrogens is 3. The number of fused-ring (bicyclic) bond motifs is 1. The zero-order valence-electron chi connectivity index (χ0n) is 14.5. The van der Waals surface area contributed by atoms with Gasteiger partial charge in [-0.25, -0.2) is 10.1 Å². The average molecular weight is 410 g/mol. The van der Waals surface area contributed by atoms with Crippen LogP contribution in [0.2, 0.25) is 5.02 Å². The molecule has 11 heteroatoms. The summed E-state index contributed by atoms with van der Waals surface area (Å²) < 4.78 is 35.7. The zero-order valence-corrected chi connectivity index (χ0v) is 15.2. The molecule has 0 radical (unpaired) electrons. The maximum absolute atomic E-state index is 12.4. The fourth-order valence-corrected chi connectivity index (χ4v) is 2.67. The topological polar surface area (TPSA) is 90.6 Å². The number of para-hydroxylation sites is 1. The minimum absolute atomic E-state index is 0.00895. The minimum atomic E-state index is -3.04. The molecular weight excluding hydrogens is 396 g/mol. The van der Waals surface area contributed by atoms with Crippen LogP contribution in [0, 0.1) is 0 Å². The molecule has 1 amide bonds. The molecule has 0 unspecified atom stereocenters. The molecule has 1 heterocycles. The predicted octanol–water partition coefficient (Wildman–Crippen LogP) is 2.85. The number of carbonyl (C=O) groups is 1. The molecule has 0 bridgehead atoms. The highest BCUT2D eigenvalue weighted by Crippen LogP contribution is 2.37. The van der Waals surface area contributed by atoms with Crippen LogP contribution >= 0.6 is 11.6 Å². The van der Waals surface area contributed by atoms with Gasteiger partial charge in [-0.2, -0.15) is 13.9 Å². The Bertz CT molecular complexity index is 1030. The van der Waals surface area contributed by atoms with Crippen LogP contribution in [0.1, 0.15) is 5.56 Å². The van der Waals surface area contributed by atoms with Gasteiger partial charge in [0.05, 0.1) is 23.9 Å². The first-order valence-electron chi connectivity index (χ1n) is 7.90. The molecule has 1 N–H and O–H groups in total. The van der Waals surface area contributed by atoms with Crippen LogP contribution in [0.25, 0.3) is 11.0 Å². The average Bonchev–Trinajstić information content (AvgIpc) is 3.06. The Morgan fingerprint density at radius 3 is 2.93 bits per heavy atom. The molecule has 2 aromatic carbocycles. The molecule has 0 atom stereocenters. The van der Waals surface area contributed by atoms with Gasteiger partial charge in [0.25, 0.3) is 5.91 Å². The van der Waals surface area contributed by atoms with Crippen molar-refractivity contribution in [1.82, 2.24) is 20.4 Å². The Morgan fingerprint density at radius 1 is 1.39 bits per heavy atom. The lowest BCUT2D eigenvalue weighted by atomic mass is 10.2. The predicted molar refractivity (Wildman–Crippen MR) is 97.9 cm³/mol. The molecule has 8 nitrogen and oxygen atoms in total. The highest BCUT2D eigenvalue weighted by Gasteiger charge is 2.16. The Hall–Kier alpha value is -3.27. The number of nitrogens with zero attached hydrogens (tertiary/aromatic N) is 4. The normalized spacial score (nSPS) is 11.3. The van der Waals surface area contributed by atoms with E-state index in [9.17, 15) is 13.6 Å². The lowest BCUT2D eigenvalue weighted by Gasteiger charge is -2.12. The summed E-state index contributed by atoms with van der Waals surface area (Å²) in [5.74, 6) is -0.698. The molecule has 0 aliphatic rings. The third-order valence-corrected chi connectivity index (χ3v) is 3.86. The zero-order chi connectivity index (χ0) is 20.1. The number of methoxy groups -OCH3 is 1. The maximum atomic E-state index is 12.4. The van der Waals surface area contributed by atoms with Crippen molar-refractivity contribution < 1.29 is 23.0 Å². The van der Waals surface area contributed by atoms with Crippen LogP contribution in [-0.4, -0.2) is 40.8 Å². The number of rotatable bonds is 7. The van der Waals surface area contributed by atoms with Crippen LogP contribution in [-0.2, 0) is 11.3 Å². The van der Waals surface area contributed by atoms with Gasteiger partial charge in [0.2, 0.25) is 0 Å². The summed E-state index contributed by atoms with van der Waals surface area (Å²) in [5.41, 5.74) is 4.14. The second-order valence-corrected chi connectivity index (χ2v) is 5.85. The van der Waals surface area contributed by atoms with Crippen LogP contribution < -0.4 is 14.9 Å². The number of benzene rings is 2. The van der Waals surface area contributed by atoms with Crippen molar-refractivity contribution in [3.63, 3.8) is 0 Å². The highest BCUT2D eigenvalue weighted by molar-refractivity contribution is 6.32. The van der Waals surface area contributed by atoms with E-state index in [0.717, 1.165) is 0 Å². The van der Waals surface area contributed by atoms with Crippen molar-refractivity contribution in [2.75, 3.05) is 7.11 Å². The van der Waals surface area contributed by atoms with Gasteiger partial charge in [0, 0.05) is 0 Å². The van der Waals surface area contributed by atoms with Crippen molar-refractivity contribution in [3.8, 4) is 11.5 Å². The fraction of sp³-hybridized carbons (Fsp3) is 0.176. The molecule has 0 aliphatic heterocycles. The van der Waals surface area contributed by atoms with Crippen molar-refractivity contribution in [2.24, 2.45) is 5.10 Å². The van der Waals surface area contributed by atoms with E-state index in [0.29, 0.717) is 16.6 Å². The SMILES string of the molecule is COc1cc(/C=N\NC(=O)Cn2nnc3ccccc32)cc(Cl)c1OC(F)F. The number of ether oxygens (including phenoxy) is 2. The third-order valence-electron chi connectivity index (χ3n) is 3.58. The van der Waals surface area contributed by atoms with Crippen molar-refractivity contribution in [1.29, 1.82) is 0 Å². The summed E-state index contributed by atoms with van der Waals surface area (Å²) in [6.07, 6.45) is 1.29. The molecular formula is C17H14ClF2N5O3. The number of halogens is 3. The van der Waals surface area contributed by atoms with Crippen molar-refractivity contribution in [2.45, 2.75) is 13.2 Å². The summed E-state index contributed by atoms with van der Waals surface area (Å²) in [7, 11) is 1.29. The quantitative estimate of drug-likeness (QED) is 0.478. The molecule has 3 rings (SSSR count). The van der Waals surface area contributed by atoms with E-state index in [1.54, 1.807) is 12.1 Å². The number of carbonyl (C=O) groups excluding carboxylic acids is 1. The smallest absolute Gasteiger partial charge is 0.387 e. The molecule has 0 saturated heterocycles. The van der Waals surface area contributed by atoms with Gasteiger partial charge in [-0.1, -0.05) is 28.9 Å². The molecule has 146 valence electrons. The number of hydrazone groups is 1. The van der Waals surface area contributed by atoms with Crippen LogP contribution in [0.5, 0.6) is 11.5 Å².